The third-order valence-corrected chi connectivity index (χ3v) is 3.39. The number of nitrogens with zero attached hydrogens (tertiary/aromatic N) is 2. The van der Waals surface area contributed by atoms with Gasteiger partial charge in [-0.1, -0.05) is 6.92 Å². The molecule has 0 aliphatic carbocycles. The highest BCUT2D eigenvalue weighted by molar-refractivity contribution is 4.80. The first-order chi connectivity index (χ1) is 7.13. The second-order valence-electron chi connectivity index (χ2n) is 4.95. The molecule has 1 fully saturated rings. The highest BCUT2D eigenvalue weighted by atomic mass is 15.2. The monoisotopic (exact) mass is 213 g/mol. The maximum Gasteiger partial charge on any atom is 0.0223 e. The molecule has 90 valence electrons. The molecule has 0 bridgehead atoms. The second kappa shape index (κ2) is 6.46. The van der Waals surface area contributed by atoms with E-state index in [1.165, 1.54) is 32.5 Å². The molecule has 2 N–H and O–H groups in total. The van der Waals surface area contributed by atoms with Crippen LogP contribution in [0, 0.1) is 0 Å². The molecule has 1 rings (SSSR count). The predicted octanol–water partition coefficient (Wildman–Crippen LogP) is 1.14. The van der Waals surface area contributed by atoms with Crippen LogP contribution in [0.25, 0.3) is 0 Å². The topological polar surface area (TPSA) is 32.5 Å². The lowest BCUT2D eigenvalue weighted by molar-refractivity contribution is 0.196. The molecule has 0 radical (unpaired) electrons. The third-order valence-electron chi connectivity index (χ3n) is 3.39. The fraction of sp³-hybridized carbons (Fsp3) is 1.00. The quantitative estimate of drug-likeness (QED) is 0.718. The molecule has 2 atom stereocenters. The minimum Gasteiger partial charge on any atom is -0.328 e. The maximum absolute atomic E-state index is 5.77. The number of likely N-dealkylation sites (tertiary alicyclic amines) is 1. The zero-order chi connectivity index (χ0) is 11.3. The zero-order valence-corrected chi connectivity index (χ0v) is 10.6. The third kappa shape index (κ3) is 4.49. The van der Waals surface area contributed by atoms with E-state index in [1.54, 1.807) is 0 Å². The van der Waals surface area contributed by atoms with Crippen LogP contribution in [-0.2, 0) is 0 Å². The summed E-state index contributed by atoms with van der Waals surface area (Å²) in [4.78, 5) is 5.03. The summed E-state index contributed by atoms with van der Waals surface area (Å²) < 4.78 is 0. The van der Waals surface area contributed by atoms with Crippen LogP contribution in [0.5, 0.6) is 0 Å². The lowest BCUT2D eigenvalue weighted by Gasteiger charge is -2.28. The Kier molecular flexibility index (Phi) is 5.58. The summed E-state index contributed by atoms with van der Waals surface area (Å²) >= 11 is 0. The van der Waals surface area contributed by atoms with E-state index in [-0.39, 0.29) is 0 Å². The van der Waals surface area contributed by atoms with Crippen LogP contribution >= 0.6 is 0 Å². The lowest BCUT2D eigenvalue weighted by atomic mass is 10.2. The molecule has 3 heteroatoms. The van der Waals surface area contributed by atoms with Gasteiger partial charge in [-0.3, -0.25) is 4.90 Å². The molecule has 0 aromatic heterocycles. The first-order valence-electron chi connectivity index (χ1n) is 6.31. The molecule has 1 aliphatic rings. The van der Waals surface area contributed by atoms with Crippen molar-refractivity contribution in [3.05, 3.63) is 0 Å². The molecule has 2 unspecified atom stereocenters. The van der Waals surface area contributed by atoms with Crippen molar-refractivity contribution in [2.24, 2.45) is 5.73 Å². The molecule has 0 spiro atoms. The summed E-state index contributed by atoms with van der Waals surface area (Å²) in [6.45, 7) is 9.18. The van der Waals surface area contributed by atoms with Gasteiger partial charge in [0, 0.05) is 18.6 Å². The molecule has 3 nitrogen and oxygen atoms in total. The van der Waals surface area contributed by atoms with E-state index in [0.717, 1.165) is 19.0 Å². The van der Waals surface area contributed by atoms with Crippen molar-refractivity contribution in [3.63, 3.8) is 0 Å². The van der Waals surface area contributed by atoms with E-state index in [1.807, 2.05) is 0 Å². The molecule has 1 aliphatic heterocycles. The number of hydrogen-bond acceptors (Lipinski definition) is 3. The minimum atomic E-state index is 0.332. The first-order valence-corrected chi connectivity index (χ1v) is 6.31. The summed E-state index contributed by atoms with van der Waals surface area (Å²) in [7, 11) is 2.22. The average Bonchev–Trinajstić information content (AvgIpc) is 2.62. The second-order valence-corrected chi connectivity index (χ2v) is 4.95. The number of hydrogen-bond donors (Lipinski definition) is 1. The van der Waals surface area contributed by atoms with Crippen LogP contribution in [0.2, 0.25) is 0 Å². The Labute approximate surface area is 94.6 Å². The van der Waals surface area contributed by atoms with Gasteiger partial charge in [-0.25, -0.2) is 0 Å². The van der Waals surface area contributed by atoms with E-state index in [2.05, 4.69) is 30.7 Å². The van der Waals surface area contributed by atoms with Crippen molar-refractivity contribution in [1.82, 2.24) is 9.80 Å². The Morgan fingerprint density at radius 1 is 1.53 bits per heavy atom. The van der Waals surface area contributed by atoms with Gasteiger partial charge in [-0.2, -0.15) is 0 Å². The van der Waals surface area contributed by atoms with Crippen LogP contribution in [0.1, 0.15) is 33.1 Å². The minimum absolute atomic E-state index is 0.332. The smallest absolute Gasteiger partial charge is 0.0223 e. The first kappa shape index (κ1) is 12.9. The highest BCUT2D eigenvalue weighted by Gasteiger charge is 2.23. The average molecular weight is 213 g/mol. The van der Waals surface area contributed by atoms with E-state index < -0.39 is 0 Å². The van der Waals surface area contributed by atoms with Crippen molar-refractivity contribution in [1.29, 1.82) is 0 Å². The van der Waals surface area contributed by atoms with E-state index in [4.69, 9.17) is 5.73 Å². The molecular formula is C12H27N3. The normalized spacial score (nSPS) is 25.0. The molecule has 1 heterocycles. The molecular weight excluding hydrogens is 186 g/mol. The molecule has 0 saturated carbocycles. The number of nitrogens with two attached hydrogens (primary N) is 1. The Morgan fingerprint density at radius 2 is 2.27 bits per heavy atom. The van der Waals surface area contributed by atoms with E-state index in [0.29, 0.717) is 6.04 Å². The SMILES string of the molecule is CCN1CCCC1CN(C)CCC(C)N. The Hall–Kier alpha value is -0.120. The highest BCUT2D eigenvalue weighted by Crippen LogP contribution is 2.17. The molecule has 0 aromatic carbocycles. The van der Waals surface area contributed by atoms with Gasteiger partial charge in [0.1, 0.15) is 0 Å². The standard InChI is InChI=1S/C12H27N3/c1-4-15-8-5-6-12(15)10-14(3)9-7-11(2)13/h11-12H,4-10,13H2,1-3H3. The van der Waals surface area contributed by atoms with Crippen molar-refractivity contribution in [3.8, 4) is 0 Å². The van der Waals surface area contributed by atoms with Gasteiger partial charge < -0.3 is 10.6 Å². The molecule has 0 amide bonds. The van der Waals surface area contributed by atoms with Gasteiger partial charge in [0.2, 0.25) is 0 Å². The Balaban J connectivity index is 2.21. The summed E-state index contributed by atoms with van der Waals surface area (Å²) in [5.41, 5.74) is 5.77. The van der Waals surface area contributed by atoms with Crippen molar-refractivity contribution in [2.75, 3.05) is 33.2 Å². The summed E-state index contributed by atoms with van der Waals surface area (Å²) in [5, 5.41) is 0. The fourth-order valence-electron chi connectivity index (χ4n) is 2.39. The summed E-state index contributed by atoms with van der Waals surface area (Å²) in [6.07, 6.45) is 3.85. The van der Waals surface area contributed by atoms with Crippen molar-refractivity contribution < 1.29 is 0 Å². The number of likely N-dealkylation sites (N-methyl/N-ethyl adjacent to an activating group) is 2. The zero-order valence-electron chi connectivity index (χ0n) is 10.6. The van der Waals surface area contributed by atoms with Gasteiger partial charge in [-0.05, 0) is 52.9 Å². The molecule has 15 heavy (non-hydrogen) atoms. The van der Waals surface area contributed by atoms with Gasteiger partial charge in [0.15, 0.2) is 0 Å². The van der Waals surface area contributed by atoms with Gasteiger partial charge in [0.25, 0.3) is 0 Å². The van der Waals surface area contributed by atoms with Crippen LogP contribution in [0.4, 0.5) is 0 Å². The molecule has 1 saturated heterocycles. The lowest BCUT2D eigenvalue weighted by Crippen LogP contribution is -2.39. The summed E-state index contributed by atoms with van der Waals surface area (Å²) in [6, 6.07) is 1.12. The largest absolute Gasteiger partial charge is 0.328 e. The Bertz CT molecular complexity index is 170. The van der Waals surface area contributed by atoms with E-state index in [9.17, 15) is 0 Å². The summed E-state index contributed by atoms with van der Waals surface area (Å²) in [5.74, 6) is 0. The van der Waals surface area contributed by atoms with Gasteiger partial charge in [0.05, 0.1) is 0 Å². The van der Waals surface area contributed by atoms with Crippen LogP contribution in [0.15, 0.2) is 0 Å². The maximum atomic E-state index is 5.77. The van der Waals surface area contributed by atoms with Gasteiger partial charge >= 0.3 is 0 Å². The number of rotatable bonds is 6. The van der Waals surface area contributed by atoms with E-state index >= 15 is 0 Å². The fourth-order valence-corrected chi connectivity index (χ4v) is 2.39. The van der Waals surface area contributed by atoms with Crippen LogP contribution in [0.3, 0.4) is 0 Å². The van der Waals surface area contributed by atoms with Crippen LogP contribution < -0.4 is 5.73 Å². The van der Waals surface area contributed by atoms with Crippen LogP contribution in [-0.4, -0.2) is 55.1 Å². The Morgan fingerprint density at radius 3 is 2.87 bits per heavy atom. The van der Waals surface area contributed by atoms with Crippen molar-refractivity contribution >= 4 is 0 Å². The van der Waals surface area contributed by atoms with Crippen molar-refractivity contribution in [2.45, 2.75) is 45.2 Å². The predicted molar refractivity (Wildman–Crippen MR) is 66.0 cm³/mol. The molecule has 0 aromatic rings. The van der Waals surface area contributed by atoms with Gasteiger partial charge in [-0.15, -0.1) is 0 Å².